The maximum Gasteiger partial charge on any atom is 0.122 e. The normalized spacial score (nSPS) is 10.1. The Morgan fingerprint density at radius 1 is 1.30 bits per heavy atom. The smallest absolute Gasteiger partial charge is 0.122 e. The van der Waals surface area contributed by atoms with Crippen molar-refractivity contribution in [3.8, 4) is 11.8 Å². The van der Waals surface area contributed by atoms with Crippen LogP contribution in [-0.4, -0.2) is 7.11 Å². The van der Waals surface area contributed by atoms with Crippen LogP contribution >= 0.6 is 11.8 Å². The molecule has 2 rings (SSSR count). The first-order valence-electron chi connectivity index (χ1n) is 6.20. The van der Waals surface area contributed by atoms with Crippen molar-refractivity contribution in [2.75, 3.05) is 12.8 Å². The first kappa shape index (κ1) is 14.3. The van der Waals surface area contributed by atoms with Gasteiger partial charge in [-0.2, -0.15) is 5.26 Å². The number of methoxy groups -OCH3 is 1. The van der Waals surface area contributed by atoms with E-state index in [1.807, 2.05) is 37.3 Å². The molecule has 0 aromatic heterocycles. The van der Waals surface area contributed by atoms with E-state index < -0.39 is 0 Å². The van der Waals surface area contributed by atoms with Gasteiger partial charge in [0, 0.05) is 21.9 Å². The fourth-order valence-electron chi connectivity index (χ4n) is 1.90. The van der Waals surface area contributed by atoms with E-state index in [0.717, 1.165) is 27.5 Å². The largest absolute Gasteiger partial charge is 0.496 e. The van der Waals surface area contributed by atoms with E-state index in [1.54, 1.807) is 24.9 Å². The lowest BCUT2D eigenvalue weighted by Gasteiger charge is -2.11. The third-order valence-corrected chi connectivity index (χ3v) is 4.20. The van der Waals surface area contributed by atoms with Crippen molar-refractivity contribution in [3.05, 3.63) is 53.1 Å². The number of nitrogens with two attached hydrogens (primary N) is 1. The van der Waals surface area contributed by atoms with Crippen LogP contribution in [0.3, 0.4) is 0 Å². The zero-order valence-electron chi connectivity index (χ0n) is 11.5. The van der Waals surface area contributed by atoms with Gasteiger partial charge in [0.25, 0.3) is 0 Å². The monoisotopic (exact) mass is 284 g/mol. The lowest BCUT2D eigenvalue weighted by atomic mass is 10.1. The summed E-state index contributed by atoms with van der Waals surface area (Å²) < 4.78 is 5.33. The zero-order chi connectivity index (χ0) is 14.5. The average Bonchev–Trinajstić information content (AvgIpc) is 2.48. The average molecular weight is 284 g/mol. The maximum absolute atomic E-state index is 8.97. The molecule has 3 nitrogen and oxygen atoms in total. The molecule has 0 aliphatic heterocycles. The first-order valence-corrected chi connectivity index (χ1v) is 7.19. The molecule has 0 spiro atoms. The Morgan fingerprint density at radius 2 is 2.10 bits per heavy atom. The van der Waals surface area contributed by atoms with Gasteiger partial charge in [0.15, 0.2) is 0 Å². The topological polar surface area (TPSA) is 59.0 Å². The van der Waals surface area contributed by atoms with Gasteiger partial charge in [0.05, 0.1) is 18.7 Å². The van der Waals surface area contributed by atoms with Crippen LogP contribution in [0.15, 0.2) is 41.3 Å². The summed E-state index contributed by atoms with van der Waals surface area (Å²) in [5.41, 5.74) is 9.59. The minimum absolute atomic E-state index is 0.638. The summed E-state index contributed by atoms with van der Waals surface area (Å²) in [5, 5.41) is 8.97. The highest BCUT2D eigenvalue weighted by Crippen LogP contribution is 2.32. The number of rotatable bonds is 4. The maximum atomic E-state index is 8.97. The molecule has 0 fully saturated rings. The molecule has 0 radical (unpaired) electrons. The molecule has 0 saturated carbocycles. The molecule has 0 unspecified atom stereocenters. The van der Waals surface area contributed by atoms with Gasteiger partial charge in [-0.05, 0) is 36.8 Å². The molecule has 0 aliphatic carbocycles. The number of para-hydroxylation sites is 1. The number of ether oxygens (including phenoxy) is 1. The Bertz CT molecular complexity index is 662. The van der Waals surface area contributed by atoms with Gasteiger partial charge in [0.2, 0.25) is 0 Å². The summed E-state index contributed by atoms with van der Waals surface area (Å²) in [6, 6.07) is 13.6. The number of hydrogen-bond donors (Lipinski definition) is 1. The van der Waals surface area contributed by atoms with Crippen LogP contribution in [0.2, 0.25) is 0 Å². The number of anilines is 1. The molecule has 4 heteroatoms. The second kappa shape index (κ2) is 6.36. The van der Waals surface area contributed by atoms with Gasteiger partial charge < -0.3 is 10.5 Å². The summed E-state index contributed by atoms with van der Waals surface area (Å²) in [7, 11) is 1.64. The van der Waals surface area contributed by atoms with Gasteiger partial charge >= 0.3 is 0 Å². The molecule has 2 aromatic carbocycles. The second-order valence-electron chi connectivity index (χ2n) is 4.41. The fourth-order valence-corrected chi connectivity index (χ4v) is 2.92. The SMILES string of the molecule is COc1ccc(C#N)cc1CSc1cccc(C)c1N. The third-order valence-electron chi connectivity index (χ3n) is 3.08. The molecule has 0 atom stereocenters. The highest BCUT2D eigenvalue weighted by Gasteiger charge is 2.07. The van der Waals surface area contributed by atoms with Crippen LogP contribution in [0.1, 0.15) is 16.7 Å². The molecule has 0 aliphatic rings. The van der Waals surface area contributed by atoms with Crippen molar-refractivity contribution in [3.63, 3.8) is 0 Å². The number of nitrogen functional groups attached to an aromatic ring is 1. The molecular formula is C16H16N2OS. The van der Waals surface area contributed by atoms with Crippen LogP contribution in [0.4, 0.5) is 5.69 Å². The number of hydrogen-bond acceptors (Lipinski definition) is 4. The lowest BCUT2D eigenvalue weighted by Crippen LogP contribution is -1.94. The molecule has 0 amide bonds. The Kier molecular flexibility index (Phi) is 4.54. The van der Waals surface area contributed by atoms with E-state index >= 15 is 0 Å². The molecule has 2 aromatic rings. The van der Waals surface area contributed by atoms with Gasteiger partial charge in [-0.1, -0.05) is 12.1 Å². The quantitative estimate of drug-likeness (QED) is 0.686. The number of benzene rings is 2. The predicted molar refractivity (Wildman–Crippen MR) is 82.9 cm³/mol. The van der Waals surface area contributed by atoms with E-state index in [1.165, 1.54) is 0 Å². The van der Waals surface area contributed by atoms with Crippen LogP contribution in [-0.2, 0) is 5.75 Å². The fraction of sp³-hybridized carbons (Fsp3) is 0.188. The van der Waals surface area contributed by atoms with E-state index in [2.05, 4.69) is 6.07 Å². The Balaban J connectivity index is 2.22. The Labute approximate surface area is 123 Å². The minimum Gasteiger partial charge on any atom is -0.496 e. The first-order chi connectivity index (χ1) is 9.65. The van der Waals surface area contributed by atoms with Crippen molar-refractivity contribution in [1.82, 2.24) is 0 Å². The van der Waals surface area contributed by atoms with Crippen molar-refractivity contribution in [2.45, 2.75) is 17.6 Å². The summed E-state index contributed by atoms with van der Waals surface area (Å²) in [5.74, 6) is 1.51. The van der Waals surface area contributed by atoms with Crippen LogP contribution in [0, 0.1) is 18.3 Å². The highest BCUT2D eigenvalue weighted by molar-refractivity contribution is 7.98. The molecule has 20 heavy (non-hydrogen) atoms. The summed E-state index contributed by atoms with van der Waals surface area (Å²) in [4.78, 5) is 1.05. The van der Waals surface area contributed by atoms with Crippen LogP contribution in [0.5, 0.6) is 5.75 Å². The molecule has 102 valence electrons. The van der Waals surface area contributed by atoms with Crippen LogP contribution in [0.25, 0.3) is 0 Å². The number of aryl methyl sites for hydroxylation is 1. The van der Waals surface area contributed by atoms with E-state index in [-0.39, 0.29) is 0 Å². The second-order valence-corrected chi connectivity index (χ2v) is 5.43. The van der Waals surface area contributed by atoms with Gasteiger partial charge in [-0.15, -0.1) is 11.8 Å². The van der Waals surface area contributed by atoms with E-state index in [0.29, 0.717) is 11.3 Å². The minimum atomic E-state index is 0.638. The molecular weight excluding hydrogens is 268 g/mol. The Morgan fingerprint density at radius 3 is 2.80 bits per heavy atom. The molecule has 2 N–H and O–H groups in total. The van der Waals surface area contributed by atoms with Crippen LogP contribution < -0.4 is 10.5 Å². The number of thioether (sulfide) groups is 1. The molecule has 0 bridgehead atoms. The van der Waals surface area contributed by atoms with Gasteiger partial charge in [0.1, 0.15) is 5.75 Å². The van der Waals surface area contributed by atoms with E-state index in [9.17, 15) is 0 Å². The molecule has 0 heterocycles. The number of nitrogens with zero attached hydrogens (tertiary/aromatic N) is 1. The van der Waals surface area contributed by atoms with Gasteiger partial charge in [-0.3, -0.25) is 0 Å². The Hall–Kier alpha value is -2.12. The van der Waals surface area contributed by atoms with Crippen molar-refractivity contribution in [1.29, 1.82) is 5.26 Å². The summed E-state index contributed by atoms with van der Waals surface area (Å²) >= 11 is 1.65. The zero-order valence-corrected chi connectivity index (χ0v) is 12.3. The lowest BCUT2D eigenvalue weighted by molar-refractivity contribution is 0.411. The third kappa shape index (κ3) is 3.06. The standard InChI is InChI=1S/C16H16N2OS/c1-11-4-3-5-15(16(11)18)20-10-13-8-12(9-17)6-7-14(13)19-2/h3-8H,10,18H2,1-2H3. The number of nitriles is 1. The van der Waals surface area contributed by atoms with Crippen molar-refractivity contribution >= 4 is 17.4 Å². The van der Waals surface area contributed by atoms with Crippen molar-refractivity contribution < 1.29 is 4.74 Å². The van der Waals surface area contributed by atoms with E-state index in [4.69, 9.17) is 15.7 Å². The summed E-state index contributed by atoms with van der Waals surface area (Å²) in [6.07, 6.45) is 0. The molecule has 0 saturated heterocycles. The highest BCUT2D eigenvalue weighted by atomic mass is 32.2. The predicted octanol–water partition coefficient (Wildman–Crippen LogP) is 3.75. The van der Waals surface area contributed by atoms with Gasteiger partial charge in [-0.25, -0.2) is 0 Å². The summed E-state index contributed by atoms with van der Waals surface area (Å²) in [6.45, 7) is 2.00. The van der Waals surface area contributed by atoms with Crippen molar-refractivity contribution in [2.24, 2.45) is 0 Å².